The maximum absolute atomic E-state index is 14.4. The summed E-state index contributed by atoms with van der Waals surface area (Å²) in [6.07, 6.45) is 2.94. The van der Waals surface area contributed by atoms with E-state index < -0.39 is 28.8 Å². The summed E-state index contributed by atoms with van der Waals surface area (Å²) in [6, 6.07) is 3.04. The number of halogens is 2. The summed E-state index contributed by atoms with van der Waals surface area (Å²) >= 11 is 0. The number of hydrogen-bond donors (Lipinski definition) is 1. The Morgan fingerprint density at radius 1 is 1.17 bits per heavy atom. The number of fused-ring (bicyclic) bond motifs is 1. The zero-order valence-corrected chi connectivity index (χ0v) is 20.3. The number of hydrogen-bond acceptors (Lipinski definition) is 5. The van der Waals surface area contributed by atoms with Gasteiger partial charge in [-0.3, -0.25) is 19.3 Å². The molecule has 190 valence electrons. The second kappa shape index (κ2) is 8.62. The van der Waals surface area contributed by atoms with Gasteiger partial charge >= 0.3 is 0 Å². The van der Waals surface area contributed by atoms with E-state index in [0.717, 1.165) is 44.2 Å². The van der Waals surface area contributed by atoms with Crippen molar-refractivity contribution in [3.8, 4) is 0 Å². The molecule has 2 aliphatic carbocycles. The summed E-state index contributed by atoms with van der Waals surface area (Å²) in [5, 5.41) is 11.0. The van der Waals surface area contributed by atoms with Gasteiger partial charge in [0.15, 0.2) is 11.3 Å². The Labute approximate surface area is 204 Å². The van der Waals surface area contributed by atoms with E-state index in [2.05, 4.69) is 0 Å². The number of amides is 2. The van der Waals surface area contributed by atoms with Crippen LogP contribution in [0.3, 0.4) is 0 Å². The molecule has 0 aromatic heterocycles. The van der Waals surface area contributed by atoms with Gasteiger partial charge in [0.2, 0.25) is 11.8 Å². The Hall–Kier alpha value is -2.39. The van der Waals surface area contributed by atoms with Crippen LogP contribution < -0.4 is 0 Å². The molecule has 2 heterocycles. The number of ketones is 1. The zero-order valence-electron chi connectivity index (χ0n) is 20.3. The molecule has 1 aromatic carbocycles. The fourth-order valence-electron chi connectivity index (χ4n) is 6.92. The first-order chi connectivity index (χ1) is 16.6. The first-order valence-corrected chi connectivity index (χ1v) is 12.7. The van der Waals surface area contributed by atoms with Crippen LogP contribution in [0.15, 0.2) is 18.2 Å². The van der Waals surface area contributed by atoms with Crippen molar-refractivity contribution in [2.24, 2.45) is 0 Å². The van der Waals surface area contributed by atoms with Crippen molar-refractivity contribution in [2.45, 2.75) is 88.1 Å². The maximum Gasteiger partial charge on any atom is 0.248 e. The molecule has 4 atom stereocenters. The van der Waals surface area contributed by atoms with Crippen LogP contribution in [0.5, 0.6) is 0 Å². The fraction of sp³-hybridized carbons (Fsp3) is 0.654. The number of aliphatic hydroxyl groups excluding tert-OH is 1. The van der Waals surface area contributed by atoms with Crippen molar-refractivity contribution in [2.75, 3.05) is 19.6 Å². The van der Waals surface area contributed by atoms with Crippen molar-refractivity contribution < 1.29 is 28.3 Å². The van der Waals surface area contributed by atoms with E-state index in [1.807, 2.05) is 18.7 Å². The van der Waals surface area contributed by atoms with Crippen LogP contribution in [0.1, 0.15) is 57.9 Å². The van der Waals surface area contributed by atoms with Crippen LogP contribution in [0, 0.1) is 11.6 Å². The lowest BCUT2D eigenvalue weighted by atomic mass is 9.89. The van der Waals surface area contributed by atoms with Gasteiger partial charge < -0.3 is 14.9 Å². The van der Waals surface area contributed by atoms with Gasteiger partial charge in [-0.15, -0.1) is 0 Å². The van der Waals surface area contributed by atoms with Gasteiger partial charge in [0.1, 0.15) is 17.7 Å². The standard InChI is InChI=1S/C26H33F2N3O4/c1-16(2)29-10-11-31-25(14-21(32)23(34)26(25,31)24(29)35)15-30(19-6-4-3-5-7-19)22(33)12-17-8-9-18(27)13-20(17)28/h8-9,13,16,19,23,34H,3-7,10-12,14-15H2,1-2H3/t23?,25-,26?,31?/m1/s1. The minimum absolute atomic E-state index is 0.00719. The van der Waals surface area contributed by atoms with Crippen LogP contribution in [-0.2, 0) is 20.8 Å². The molecule has 1 aromatic rings. The molecule has 2 saturated carbocycles. The molecular weight excluding hydrogens is 456 g/mol. The summed E-state index contributed by atoms with van der Waals surface area (Å²) in [5.74, 6) is -2.41. The lowest BCUT2D eigenvalue weighted by Gasteiger charge is -2.37. The zero-order chi connectivity index (χ0) is 25.1. The first kappa shape index (κ1) is 24.3. The molecule has 0 bridgehead atoms. The average Bonchev–Trinajstić information content (AvgIpc) is 3.33. The first-order valence-electron chi connectivity index (χ1n) is 12.7. The number of piperazine rings is 1. The predicted molar refractivity (Wildman–Crippen MR) is 123 cm³/mol. The van der Waals surface area contributed by atoms with Gasteiger partial charge in [-0.25, -0.2) is 8.78 Å². The van der Waals surface area contributed by atoms with Crippen LogP contribution in [0.2, 0.25) is 0 Å². The summed E-state index contributed by atoms with van der Waals surface area (Å²) < 4.78 is 27.8. The van der Waals surface area contributed by atoms with E-state index in [0.29, 0.717) is 13.1 Å². The normalized spacial score (nSPS) is 32.6. The lowest BCUT2D eigenvalue weighted by Crippen LogP contribution is -2.58. The van der Waals surface area contributed by atoms with Gasteiger partial charge in [0, 0.05) is 44.2 Å². The SMILES string of the molecule is CC(C)N1CCN2C3(C1=O)C(O)C(=O)C[C@]23CN(C(=O)Cc1ccc(F)cc1F)C1CCCCC1. The predicted octanol–water partition coefficient (Wildman–Crippen LogP) is 2.05. The van der Waals surface area contributed by atoms with Gasteiger partial charge in [-0.1, -0.05) is 25.3 Å². The van der Waals surface area contributed by atoms with Crippen LogP contribution in [0.25, 0.3) is 0 Å². The van der Waals surface area contributed by atoms with Crippen LogP contribution in [0.4, 0.5) is 8.78 Å². The van der Waals surface area contributed by atoms with Gasteiger partial charge in [-0.05, 0) is 38.3 Å². The number of carbonyl (C=O) groups is 3. The molecule has 2 aliphatic heterocycles. The molecule has 7 nitrogen and oxygen atoms in total. The highest BCUT2D eigenvalue weighted by atomic mass is 19.1. The number of piperidine rings is 1. The third kappa shape index (κ3) is 3.53. The van der Waals surface area contributed by atoms with Crippen molar-refractivity contribution in [1.29, 1.82) is 0 Å². The third-order valence-corrected chi connectivity index (χ3v) is 8.67. The molecule has 2 saturated heterocycles. The molecule has 5 rings (SSSR count). The number of benzene rings is 1. The van der Waals surface area contributed by atoms with Gasteiger partial charge in [-0.2, -0.15) is 0 Å². The quantitative estimate of drug-likeness (QED) is 0.619. The highest BCUT2D eigenvalue weighted by Gasteiger charge is 2.88. The minimum atomic E-state index is -1.42. The second-order valence-corrected chi connectivity index (χ2v) is 10.8. The summed E-state index contributed by atoms with van der Waals surface area (Å²) in [6.45, 7) is 4.98. The molecule has 1 spiro atoms. The molecule has 9 heteroatoms. The van der Waals surface area contributed by atoms with Crippen LogP contribution in [-0.4, -0.2) is 86.3 Å². The van der Waals surface area contributed by atoms with E-state index >= 15 is 0 Å². The van der Waals surface area contributed by atoms with Gasteiger partial charge in [0.05, 0.1) is 12.0 Å². The van der Waals surface area contributed by atoms with E-state index in [1.165, 1.54) is 6.07 Å². The van der Waals surface area contributed by atoms with E-state index in [-0.39, 0.29) is 54.6 Å². The Morgan fingerprint density at radius 3 is 2.54 bits per heavy atom. The van der Waals surface area contributed by atoms with Crippen molar-refractivity contribution in [1.82, 2.24) is 14.7 Å². The Morgan fingerprint density at radius 2 is 1.89 bits per heavy atom. The highest BCUT2D eigenvalue weighted by molar-refractivity contribution is 6.07. The molecule has 35 heavy (non-hydrogen) atoms. The largest absolute Gasteiger partial charge is 0.383 e. The van der Waals surface area contributed by atoms with E-state index in [1.54, 1.807) is 9.80 Å². The Kier molecular flexibility index (Phi) is 5.99. The van der Waals surface area contributed by atoms with Crippen molar-refractivity contribution in [3.05, 3.63) is 35.4 Å². The van der Waals surface area contributed by atoms with E-state index in [4.69, 9.17) is 0 Å². The van der Waals surface area contributed by atoms with Crippen molar-refractivity contribution >= 4 is 17.6 Å². The Balaban J connectivity index is 1.47. The number of rotatable bonds is 6. The topological polar surface area (TPSA) is 80.9 Å². The fourth-order valence-corrected chi connectivity index (χ4v) is 6.92. The maximum atomic E-state index is 14.4. The lowest BCUT2D eigenvalue weighted by molar-refractivity contribution is -0.147. The molecule has 4 fully saturated rings. The van der Waals surface area contributed by atoms with Crippen LogP contribution >= 0.6 is 0 Å². The molecule has 0 radical (unpaired) electrons. The number of Topliss-reactive ketones (excluding diaryl/α,β-unsaturated/α-hetero) is 1. The Bertz CT molecular complexity index is 1060. The molecule has 3 unspecified atom stereocenters. The highest BCUT2D eigenvalue weighted by Crippen LogP contribution is 2.63. The number of aliphatic hydroxyl groups is 1. The summed E-state index contributed by atoms with van der Waals surface area (Å²) in [5.41, 5.74) is -2.16. The molecule has 4 aliphatic rings. The van der Waals surface area contributed by atoms with Crippen molar-refractivity contribution in [3.63, 3.8) is 0 Å². The molecular formula is C26H33F2N3O4. The monoisotopic (exact) mass is 489 g/mol. The second-order valence-electron chi connectivity index (χ2n) is 10.8. The summed E-state index contributed by atoms with van der Waals surface area (Å²) in [7, 11) is 0. The van der Waals surface area contributed by atoms with E-state index in [9.17, 15) is 28.3 Å². The number of carbonyl (C=O) groups excluding carboxylic acids is 3. The molecule has 1 N–H and O–H groups in total. The number of nitrogens with zero attached hydrogens (tertiary/aromatic N) is 3. The third-order valence-electron chi connectivity index (χ3n) is 8.67. The minimum Gasteiger partial charge on any atom is -0.383 e. The van der Waals surface area contributed by atoms with Gasteiger partial charge in [0.25, 0.3) is 0 Å². The average molecular weight is 490 g/mol. The summed E-state index contributed by atoms with van der Waals surface area (Å²) in [4.78, 5) is 45.4. The molecule has 2 amide bonds. The smallest absolute Gasteiger partial charge is 0.248 e.